The van der Waals surface area contributed by atoms with Crippen molar-refractivity contribution in [2.24, 2.45) is 5.92 Å². The highest BCUT2D eigenvalue weighted by Crippen LogP contribution is 2.23. The van der Waals surface area contributed by atoms with Crippen molar-refractivity contribution < 1.29 is 14.4 Å². The predicted octanol–water partition coefficient (Wildman–Crippen LogP) is 2.73. The quantitative estimate of drug-likeness (QED) is 0.860. The van der Waals surface area contributed by atoms with E-state index in [0.717, 1.165) is 51.7 Å². The number of likely N-dealkylation sites (tertiary alicyclic amines) is 2. The molecule has 2 fully saturated rings. The van der Waals surface area contributed by atoms with E-state index in [9.17, 15) is 9.90 Å². The predicted molar refractivity (Wildman–Crippen MR) is 106 cm³/mol. The van der Waals surface area contributed by atoms with Crippen molar-refractivity contribution in [3.63, 3.8) is 0 Å². The van der Waals surface area contributed by atoms with Gasteiger partial charge in [0.1, 0.15) is 0 Å². The molecular weight excluding hydrogens is 354 g/mol. The number of benzene rings is 1. The Kier molecular flexibility index (Phi) is 6.07. The Balaban J connectivity index is 1.28. The summed E-state index contributed by atoms with van der Waals surface area (Å²) in [5.41, 5.74) is 1.77. The van der Waals surface area contributed by atoms with Crippen molar-refractivity contribution >= 4 is 5.91 Å². The fourth-order valence-electron chi connectivity index (χ4n) is 4.33. The zero-order chi connectivity index (χ0) is 19.3. The molecule has 0 aliphatic carbocycles. The molecule has 2 saturated heterocycles. The second-order valence-corrected chi connectivity index (χ2v) is 8.13. The van der Waals surface area contributed by atoms with E-state index in [4.69, 9.17) is 4.52 Å². The zero-order valence-corrected chi connectivity index (χ0v) is 16.3. The summed E-state index contributed by atoms with van der Waals surface area (Å²) < 4.78 is 5.39. The molecule has 1 atom stereocenters. The molecule has 2 aromatic rings. The number of rotatable bonds is 5. The van der Waals surface area contributed by atoms with Crippen molar-refractivity contribution in [2.45, 2.75) is 44.8 Å². The van der Waals surface area contributed by atoms with Gasteiger partial charge in [0, 0.05) is 25.7 Å². The lowest BCUT2D eigenvalue weighted by atomic mass is 9.90. The number of piperidine rings is 2. The lowest BCUT2D eigenvalue weighted by Crippen LogP contribution is -2.39. The molecule has 0 spiro atoms. The van der Waals surface area contributed by atoms with Crippen molar-refractivity contribution in [2.75, 3.05) is 26.2 Å². The number of carbonyl (C=O) groups is 1. The van der Waals surface area contributed by atoms with Gasteiger partial charge in [-0.05, 0) is 50.1 Å². The van der Waals surface area contributed by atoms with E-state index in [-0.39, 0.29) is 12.0 Å². The van der Waals surface area contributed by atoms with Crippen molar-refractivity contribution in [1.82, 2.24) is 15.0 Å². The third-order valence-corrected chi connectivity index (χ3v) is 5.91. The molecule has 28 heavy (non-hydrogen) atoms. The van der Waals surface area contributed by atoms with Crippen LogP contribution in [0.4, 0.5) is 0 Å². The molecule has 3 heterocycles. The molecule has 1 amide bonds. The highest BCUT2D eigenvalue weighted by Gasteiger charge is 2.26. The Bertz CT molecular complexity index is 768. The number of amides is 1. The van der Waals surface area contributed by atoms with E-state index >= 15 is 0 Å². The van der Waals surface area contributed by atoms with Crippen molar-refractivity contribution in [3.05, 3.63) is 53.4 Å². The molecule has 6 nitrogen and oxygen atoms in total. The summed E-state index contributed by atoms with van der Waals surface area (Å²) in [6.45, 7) is 3.74. The molecule has 150 valence electrons. The van der Waals surface area contributed by atoms with Gasteiger partial charge in [-0.25, -0.2) is 0 Å². The molecule has 1 aromatic carbocycles. The van der Waals surface area contributed by atoms with Gasteiger partial charge in [0.05, 0.1) is 12.6 Å². The number of aromatic nitrogens is 1. The standard InChI is InChI=1S/C22H29N3O3/c26-19-7-4-10-24(15-19)16-20-14-21(23-28-20)22(27)25-11-8-18(9-12-25)13-17-5-2-1-3-6-17/h1-3,5-6,14,18-19,26H,4,7-13,15-16H2/t19-/m1/s1. The first-order valence-electron chi connectivity index (χ1n) is 10.4. The summed E-state index contributed by atoms with van der Waals surface area (Å²) in [6.07, 6.45) is 4.71. The van der Waals surface area contributed by atoms with Crippen LogP contribution in [0.2, 0.25) is 0 Å². The van der Waals surface area contributed by atoms with Gasteiger partial charge in [0.15, 0.2) is 11.5 Å². The van der Waals surface area contributed by atoms with Crippen LogP contribution in [-0.4, -0.2) is 58.3 Å². The van der Waals surface area contributed by atoms with Gasteiger partial charge in [0.2, 0.25) is 0 Å². The third kappa shape index (κ3) is 4.80. The number of carbonyl (C=O) groups excluding carboxylic acids is 1. The topological polar surface area (TPSA) is 69.8 Å². The lowest BCUT2D eigenvalue weighted by Gasteiger charge is -2.31. The molecule has 0 bridgehead atoms. The van der Waals surface area contributed by atoms with Crippen LogP contribution in [0.5, 0.6) is 0 Å². The maximum absolute atomic E-state index is 12.8. The van der Waals surface area contributed by atoms with E-state index < -0.39 is 0 Å². The number of hydrogen-bond donors (Lipinski definition) is 1. The van der Waals surface area contributed by atoms with E-state index in [1.54, 1.807) is 6.07 Å². The van der Waals surface area contributed by atoms with Crippen LogP contribution in [0.25, 0.3) is 0 Å². The van der Waals surface area contributed by atoms with E-state index in [1.807, 2.05) is 11.0 Å². The Labute approximate surface area is 166 Å². The van der Waals surface area contributed by atoms with E-state index in [1.165, 1.54) is 5.56 Å². The summed E-state index contributed by atoms with van der Waals surface area (Å²) >= 11 is 0. The number of aliphatic hydroxyl groups excluding tert-OH is 1. The molecule has 4 rings (SSSR count). The Morgan fingerprint density at radius 1 is 1.14 bits per heavy atom. The number of β-amino-alcohol motifs (C(OH)–C–C–N with tert-alkyl or cyclic N) is 1. The van der Waals surface area contributed by atoms with Gasteiger partial charge >= 0.3 is 0 Å². The largest absolute Gasteiger partial charge is 0.392 e. The van der Waals surface area contributed by atoms with E-state index in [2.05, 4.69) is 34.3 Å². The first-order valence-corrected chi connectivity index (χ1v) is 10.4. The summed E-state index contributed by atoms with van der Waals surface area (Å²) in [7, 11) is 0. The minimum absolute atomic E-state index is 0.0353. The Hall–Kier alpha value is -2.18. The van der Waals surface area contributed by atoms with Crippen molar-refractivity contribution in [1.29, 1.82) is 0 Å². The summed E-state index contributed by atoms with van der Waals surface area (Å²) in [4.78, 5) is 16.8. The van der Waals surface area contributed by atoms with Crippen LogP contribution in [0.15, 0.2) is 40.9 Å². The van der Waals surface area contributed by atoms with Crippen LogP contribution in [0.1, 0.15) is 47.5 Å². The fourth-order valence-corrected chi connectivity index (χ4v) is 4.33. The molecule has 2 aliphatic rings. The molecule has 2 aliphatic heterocycles. The first-order chi connectivity index (χ1) is 13.7. The molecular formula is C22H29N3O3. The molecule has 6 heteroatoms. The molecule has 1 N–H and O–H groups in total. The average molecular weight is 383 g/mol. The molecule has 0 unspecified atom stereocenters. The zero-order valence-electron chi connectivity index (χ0n) is 16.3. The van der Waals surface area contributed by atoms with Gasteiger partial charge in [-0.2, -0.15) is 0 Å². The third-order valence-electron chi connectivity index (χ3n) is 5.91. The maximum Gasteiger partial charge on any atom is 0.276 e. The van der Waals surface area contributed by atoms with Gasteiger partial charge in [-0.3, -0.25) is 9.69 Å². The average Bonchev–Trinajstić information content (AvgIpc) is 3.17. The molecule has 0 radical (unpaired) electrons. The minimum atomic E-state index is -0.269. The number of aliphatic hydroxyl groups is 1. The number of hydrogen-bond acceptors (Lipinski definition) is 5. The van der Waals surface area contributed by atoms with Crippen LogP contribution in [-0.2, 0) is 13.0 Å². The lowest BCUT2D eigenvalue weighted by molar-refractivity contribution is 0.0622. The van der Waals surface area contributed by atoms with Gasteiger partial charge in [-0.15, -0.1) is 0 Å². The van der Waals surface area contributed by atoms with Crippen LogP contribution in [0.3, 0.4) is 0 Å². The van der Waals surface area contributed by atoms with E-state index in [0.29, 0.717) is 30.5 Å². The highest BCUT2D eigenvalue weighted by atomic mass is 16.5. The second-order valence-electron chi connectivity index (χ2n) is 8.13. The van der Waals surface area contributed by atoms with Gasteiger partial charge < -0.3 is 14.5 Å². The number of nitrogens with zero attached hydrogens (tertiary/aromatic N) is 3. The van der Waals surface area contributed by atoms with Crippen molar-refractivity contribution in [3.8, 4) is 0 Å². The molecule has 1 aromatic heterocycles. The summed E-state index contributed by atoms with van der Waals surface area (Å²) in [6, 6.07) is 12.3. The normalized spacial score (nSPS) is 21.8. The van der Waals surface area contributed by atoms with Gasteiger partial charge in [-0.1, -0.05) is 35.5 Å². The van der Waals surface area contributed by atoms with Crippen LogP contribution >= 0.6 is 0 Å². The SMILES string of the molecule is O=C(c1cc(CN2CCC[C@@H](O)C2)on1)N1CCC(Cc2ccccc2)CC1. The molecule has 0 saturated carbocycles. The van der Waals surface area contributed by atoms with Gasteiger partial charge in [0.25, 0.3) is 5.91 Å². The smallest absolute Gasteiger partial charge is 0.276 e. The van der Waals surface area contributed by atoms with Crippen LogP contribution in [0, 0.1) is 5.92 Å². The highest BCUT2D eigenvalue weighted by molar-refractivity contribution is 5.92. The summed E-state index contributed by atoms with van der Waals surface area (Å²) in [5, 5.41) is 13.8. The maximum atomic E-state index is 12.8. The Morgan fingerprint density at radius 3 is 2.68 bits per heavy atom. The first kappa shape index (κ1) is 19.2. The second kappa shape index (κ2) is 8.88. The Morgan fingerprint density at radius 2 is 1.93 bits per heavy atom. The summed E-state index contributed by atoms with van der Waals surface area (Å²) in [5.74, 6) is 1.29. The fraction of sp³-hybridized carbons (Fsp3) is 0.545. The minimum Gasteiger partial charge on any atom is -0.392 e. The monoisotopic (exact) mass is 383 g/mol. The van der Waals surface area contributed by atoms with Crippen LogP contribution < -0.4 is 0 Å².